The molecule has 1 heterocycles. The third-order valence-corrected chi connectivity index (χ3v) is 4.37. The van der Waals surface area contributed by atoms with Gasteiger partial charge < -0.3 is 5.32 Å². The largest absolute Gasteiger partial charge is 0.316 e. The first-order valence-electron chi connectivity index (χ1n) is 6.53. The van der Waals surface area contributed by atoms with Gasteiger partial charge >= 0.3 is 0 Å². The summed E-state index contributed by atoms with van der Waals surface area (Å²) in [4.78, 5) is 12.6. The summed E-state index contributed by atoms with van der Waals surface area (Å²) in [6.07, 6.45) is 2.06. The van der Waals surface area contributed by atoms with Crippen LogP contribution in [-0.4, -0.2) is 18.9 Å². The molecule has 1 atom stereocenters. The lowest BCUT2D eigenvalue weighted by molar-refractivity contribution is 0.0898. The Bertz CT molecular complexity index is 476. The Balaban J connectivity index is 2.38. The molecule has 1 aliphatic heterocycles. The molecule has 2 nitrogen and oxygen atoms in total. The number of nitrogens with one attached hydrogen (secondary N) is 1. The first-order valence-corrected chi connectivity index (χ1v) is 6.91. The maximum Gasteiger partial charge on any atom is 0.167 e. The van der Waals surface area contributed by atoms with Gasteiger partial charge in [0.15, 0.2) is 5.78 Å². The average Bonchev–Trinajstić information content (AvgIpc) is 2.37. The predicted molar refractivity (Wildman–Crippen MR) is 75.6 cm³/mol. The number of piperidine rings is 1. The minimum absolute atomic E-state index is 0.106. The first-order chi connectivity index (χ1) is 8.52. The molecule has 0 spiro atoms. The fourth-order valence-electron chi connectivity index (χ4n) is 2.82. The van der Waals surface area contributed by atoms with Gasteiger partial charge in [-0.05, 0) is 56.8 Å². The number of hydrogen-bond donors (Lipinski definition) is 1. The average molecular weight is 266 g/mol. The lowest BCUT2D eigenvalue weighted by Gasteiger charge is -2.23. The number of halogens is 1. The maximum atomic E-state index is 12.6. The Morgan fingerprint density at radius 1 is 1.33 bits per heavy atom. The zero-order valence-corrected chi connectivity index (χ0v) is 12.0. The number of carbonyl (C=O) groups is 1. The van der Waals surface area contributed by atoms with Crippen LogP contribution in [0, 0.1) is 26.7 Å². The second-order valence-electron chi connectivity index (χ2n) is 5.23. The van der Waals surface area contributed by atoms with Gasteiger partial charge in [0.2, 0.25) is 0 Å². The molecular formula is C15H20ClNO. The minimum Gasteiger partial charge on any atom is -0.316 e. The zero-order valence-electron chi connectivity index (χ0n) is 11.3. The molecule has 0 bridgehead atoms. The van der Waals surface area contributed by atoms with Crippen molar-refractivity contribution in [2.75, 3.05) is 13.1 Å². The summed E-state index contributed by atoms with van der Waals surface area (Å²) in [5.74, 6) is 0.356. The van der Waals surface area contributed by atoms with Gasteiger partial charge in [-0.1, -0.05) is 17.7 Å². The summed E-state index contributed by atoms with van der Waals surface area (Å²) >= 11 is 6.27. The number of benzene rings is 1. The van der Waals surface area contributed by atoms with Crippen LogP contribution in [-0.2, 0) is 0 Å². The maximum absolute atomic E-state index is 12.6. The van der Waals surface area contributed by atoms with Crippen LogP contribution in [0.1, 0.15) is 39.9 Å². The van der Waals surface area contributed by atoms with Crippen LogP contribution >= 0.6 is 11.6 Å². The Labute approximate surface area is 114 Å². The van der Waals surface area contributed by atoms with E-state index in [-0.39, 0.29) is 11.7 Å². The lowest BCUT2D eigenvalue weighted by atomic mass is 9.86. The number of carbonyl (C=O) groups excluding carboxylic acids is 1. The van der Waals surface area contributed by atoms with Crippen molar-refractivity contribution in [3.63, 3.8) is 0 Å². The topological polar surface area (TPSA) is 29.1 Å². The van der Waals surface area contributed by atoms with E-state index in [0.29, 0.717) is 0 Å². The number of rotatable bonds is 2. The van der Waals surface area contributed by atoms with Crippen molar-refractivity contribution in [2.45, 2.75) is 33.6 Å². The van der Waals surface area contributed by atoms with E-state index in [4.69, 9.17) is 11.6 Å². The summed E-state index contributed by atoms with van der Waals surface area (Å²) in [7, 11) is 0. The van der Waals surface area contributed by atoms with E-state index in [0.717, 1.165) is 53.2 Å². The second kappa shape index (κ2) is 5.41. The van der Waals surface area contributed by atoms with Crippen LogP contribution in [0.25, 0.3) is 0 Å². The quantitative estimate of drug-likeness (QED) is 0.830. The van der Waals surface area contributed by atoms with E-state index in [1.54, 1.807) is 0 Å². The normalized spacial score (nSPS) is 19.9. The Morgan fingerprint density at radius 3 is 2.67 bits per heavy atom. The molecule has 1 fully saturated rings. The van der Waals surface area contributed by atoms with E-state index in [1.807, 2.05) is 26.8 Å². The van der Waals surface area contributed by atoms with Gasteiger partial charge in [0, 0.05) is 23.0 Å². The highest BCUT2D eigenvalue weighted by Crippen LogP contribution is 2.29. The van der Waals surface area contributed by atoms with Gasteiger partial charge in [-0.2, -0.15) is 0 Å². The third-order valence-electron chi connectivity index (χ3n) is 3.79. The van der Waals surface area contributed by atoms with Crippen molar-refractivity contribution in [2.24, 2.45) is 5.92 Å². The van der Waals surface area contributed by atoms with E-state index in [9.17, 15) is 4.79 Å². The molecule has 1 aromatic rings. The molecule has 0 aromatic heterocycles. The molecule has 98 valence electrons. The van der Waals surface area contributed by atoms with Gasteiger partial charge in [-0.25, -0.2) is 0 Å². The van der Waals surface area contributed by atoms with Gasteiger partial charge in [0.1, 0.15) is 0 Å². The molecule has 1 aromatic carbocycles. The van der Waals surface area contributed by atoms with Crippen LogP contribution < -0.4 is 5.32 Å². The molecule has 0 aliphatic carbocycles. The Morgan fingerprint density at radius 2 is 2.06 bits per heavy atom. The lowest BCUT2D eigenvalue weighted by Crippen LogP contribution is -2.35. The van der Waals surface area contributed by atoms with Crippen molar-refractivity contribution < 1.29 is 4.79 Å². The number of Topliss-reactive ketones (excluding diaryl/α,β-unsaturated/α-hetero) is 1. The molecule has 18 heavy (non-hydrogen) atoms. The number of aryl methyl sites for hydroxylation is 2. The van der Waals surface area contributed by atoms with Crippen molar-refractivity contribution in [1.29, 1.82) is 0 Å². The molecule has 0 saturated carbocycles. The van der Waals surface area contributed by atoms with E-state index >= 15 is 0 Å². The first kappa shape index (κ1) is 13.6. The summed E-state index contributed by atoms with van der Waals surface area (Å²) in [6, 6.07) is 2.01. The van der Waals surface area contributed by atoms with Crippen molar-refractivity contribution in [3.05, 3.63) is 33.3 Å². The van der Waals surface area contributed by atoms with Gasteiger partial charge in [-0.15, -0.1) is 0 Å². The molecule has 3 heteroatoms. The van der Waals surface area contributed by atoms with Crippen LogP contribution in [0.15, 0.2) is 6.07 Å². The van der Waals surface area contributed by atoms with E-state index in [2.05, 4.69) is 5.32 Å². The summed E-state index contributed by atoms with van der Waals surface area (Å²) in [6.45, 7) is 7.75. The van der Waals surface area contributed by atoms with E-state index in [1.165, 1.54) is 0 Å². The van der Waals surface area contributed by atoms with Crippen molar-refractivity contribution in [1.82, 2.24) is 5.32 Å². The fourth-order valence-corrected chi connectivity index (χ4v) is 2.97. The van der Waals surface area contributed by atoms with E-state index < -0.39 is 0 Å². The highest BCUT2D eigenvalue weighted by molar-refractivity contribution is 6.32. The smallest absolute Gasteiger partial charge is 0.167 e. The van der Waals surface area contributed by atoms with Crippen LogP contribution in [0.3, 0.4) is 0 Å². The minimum atomic E-state index is 0.106. The number of ketones is 1. The highest BCUT2D eigenvalue weighted by atomic mass is 35.5. The molecule has 0 radical (unpaired) electrons. The van der Waals surface area contributed by atoms with Crippen LogP contribution in [0.5, 0.6) is 0 Å². The second-order valence-corrected chi connectivity index (χ2v) is 5.61. The summed E-state index contributed by atoms with van der Waals surface area (Å²) in [5.41, 5.74) is 3.86. The fraction of sp³-hybridized carbons (Fsp3) is 0.533. The summed E-state index contributed by atoms with van der Waals surface area (Å²) in [5, 5.41) is 4.03. The van der Waals surface area contributed by atoms with Crippen LogP contribution in [0.2, 0.25) is 5.02 Å². The Hall–Kier alpha value is -0.860. The molecule has 1 saturated heterocycles. The standard InChI is InChI=1S/C15H20ClNO/c1-9-7-10(2)14(16)11(3)13(9)15(18)12-5-4-6-17-8-12/h7,12,17H,4-6,8H2,1-3H3. The molecule has 0 amide bonds. The molecule has 1 N–H and O–H groups in total. The third kappa shape index (κ3) is 2.45. The predicted octanol–water partition coefficient (Wildman–Crippen LogP) is 3.45. The molecule has 1 unspecified atom stereocenters. The summed E-state index contributed by atoms with van der Waals surface area (Å²) < 4.78 is 0. The van der Waals surface area contributed by atoms with Crippen molar-refractivity contribution in [3.8, 4) is 0 Å². The monoisotopic (exact) mass is 265 g/mol. The van der Waals surface area contributed by atoms with Gasteiger partial charge in [0.05, 0.1) is 0 Å². The highest BCUT2D eigenvalue weighted by Gasteiger charge is 2.25. The molecular weight excluding hydrogens is 246 g/mol. The molecule has 1 aliphatic rings. The van der Waals surface area contributed by atoms with Gasteiger partial charge in [-0.3, -0.25) is 4.79 Å². The zero-order chi connectivity index (χ0) is 13.3. The van der Waals surface area contributed by atoms with Crippen molar-refractivity contribution >= 4 is 17.4 Å². The molecule has 2 rings (SSSR count). The number of hydrogen-bond acceptors (Lipinski definition) is 2. The SMILES string of the molecule is Cc1cc(C)c(C(=O)C2CCCNC2)c(C)c1Cl. The van der Waals surface area contributed by atoms with Gasteiger partial charge in [0.25, 0.3) is 0 Å². The Kier molecular flexibility index (Phi) is 4.08. The van der Waals surface area contributed by atoms with Crippen LogP contribution in [0.4, 0.5) is 0 Å².